The van der Waals surface area contributed by atoms with Crippen molar-refractivity contribution in [1.29, 1.82) is 0 Å². The molecule has 66 valence electrons. The molecule has 0 aromatic rings. The van der Waals surface area contributed by atoms with Crippen molar-refractivity contribution in [3.8, 4) is 0 Å². The first-order valence-corrected chi connectivity index (χ1v) is 3.57. The van der Waals surface area contributed by atoms with Gasteiger partial charge in [-0.2, -0.15) is 0 Å². The first kappa shape index (κ1) is 11.0. The molecule has 2 radical (unpaired) electrons. The highest BCUT2D eigenvalue weighted by molar-refractivity contribution is 6.24. The number of carboxylic acid groups (broad SMARTS) is 1. The first-order chi connectivity index (χ1) is 5.37. The summed E-state index contributed by atoms with van der Waals surface area (Å²) in [5.41, 5.74) is 0. The zero-order chi connectivity index (χ0) is 9.89. The Bertz CT molecular complexity index is 193. The van der Waals surface area contributed by atoms with Crippen LogP contribution < -0.4 is 0 Å². The molecule has 2 unspecified atom stereocenters. The molecular formula is C7H12BNO3. The van der Waals surface area contributed by atoms with E-state index in [1.807, 2.05) is 0 Å². The number of carbonyl (C=O) groups excluding carboxylic acids is 1. The summed E-state index contributed by atoms with van der Waals surface area (Å²) in [6.07, 6.45) is 0. The summed E-state index contributed by atoms with van der Waals surface area (Å²) >= 11 is 0. The molecule has 0 rings (SSSR count). The smallest absolute Gasteiger partial charge is 0.298 e. The fourth-order valence-electron chi connectivity index (χ4n) is 0.775. The second-order valence-electron chi connectivity index (χ2n) is 2.89. The lowest BCUT2D eigenvalue weighted by molar-refractivity contribution is -0.142. The van der Waals surface area contributed by atoms with Crippen molar-refractivity contribution in [3.05, 3.63) is 0 Å². The molecule has 0 aromatic heterocycles. The molecule has 0 aromatic carbocycles. The molecule has 0 aliphatic carbocycles. The van der Waals surface area contributed by atoms with Crippen molar-refractivity contribution >= 4 is 19.7 Å². The van der Waals surface area contributed by atoms with Crippen LogP contribution >= 0.6 is 0 Å². The van der Waals surface area contributed by atoms with Gasteiger partial charge >= 0.3 is 0 Å². The van der Waals surface area contributed by atoms with Crippen LogP contribution in [0, 0.1) is 5.92 Å². The predicted molar refractivity (Wildman–Crippen MR) is 45.0 cm³/mol. The van der Waals surface area contributed by atoms with Crippen LogP contribution in [0.3, 0.4) is 0 Å². The number of hydrogen-bond acceptors (Lipinski definition) is 2. The summed E-state index contributed by atoms with van der Waals surface area (Å²) in [6.45, 7) is 1.50. The lowest BCUT2D eigenvalue weighted by atomic mass is 9.77. The second kappa shape index (κ2) is 4.14. The molecule has 0 spiro atoms. The monoisotopic (exact) mass is 169 g/mol. The van der Waals surface area contributed by atoms with Crippen molar-refractivity contribution in [1.82, 2.24) is 4.90 Å². The third-order valence-corrected chi connectivity index (χ3v) is 1.65. The van der Waals surface area contributed by atoms with Gasteiger partial charge in [-0.1, -0.05) is 6.92 Å². The molecule has 0 saturated heterocycles. The second-order valence-corrected chi connectivity index (χ2v) is 2.89. The van der Waals surface area contributed by atoms with E-state index in [4.69, 9.17) is 13.0 Å². The van der Waals surface area contributed by atoms with Crippen molar-refractivity contribution in [2.45, 2.75) is 12.7 Å². The molecule has 0 fully saturated rings. The highest BCUT2D eigenvalue weighted by Crippen LogP contribution is 2.15. The predicted octanol–water partition coefficient (Wildman–Crippen LogP) is -0.248. The molecule has 12 heavy (non-hydrogen) atoms. The lowest BCUT2D eigenvalue weighted by Crippen LogP contribution is -2.33. The van der Waals surface area contributed by atoms with E-state index in [9.17, 15) is 9.59 Å². The number of amides is 1. The van der Waals surface area contributed by atoms with Gasteiger partial charge in [0, 0.05) is 25.8 Å². The Morgan fingerprint density at radius 3 is 2.08 bits per heavy atom. The van der Waals surface area contributed by atoms with Crippen LogP contribution in [0.1, 0.15) is 6.92 Å². The van der Waals surface area contributed by atoms with E-state index in [1.54, 1.807) is 14.1 Å². The standard InChI is InChI=1S/C7H12BNO3/c1-4(5(8)7(11)12)6(10)9(2)3/h4-5H,1-3H3,(H,11,12). The first-order valence-electron chi connectivity index (χ1n) is 3.57. The number of aliphatic carboxylic acids is 1. The van der Waals surface area contributed by atoms with E-state index >= 15 is 0 Å². The van der Waals surface area contributed by atoms with Gasteiger partial charge in [-0.25, -0.2) is 0 Å². The Balaban J connectivity index is 4.29. The molecule has 1 N–H and O–H groups in total. The van der Waals surface area contributed by atoms with Gasteiger partial charge in [0.25, 0.3) is 5.97 Å². The number of rotatable bonds is 3. The largest absolute Gasteiger partial charge is 0.482 e. The summed E-state index contributed by atoms with van der Waals surface area (Å²) in [5, 5.41) is 8.49. The van der Waals surface area contributed by atoms with Crippen LogP contribution in [0.4, 0.5) is 0 Å². The Kier molecular flexibility index (Phi) is 3.79. The maximum Gasteiger partial charge on any atom is 0.298 e. The molecule has 4 nitrogen and oxygen atoms in total. The molecule has 5 heteroatoms. The van der Waals surface area contributed by atoms with Gasteiger partial charge < -0.3 is 10.0 Å². The average molecular weight is 169 g/mol. The summed E-state index contributed by atoms with van der Waals surface area (Å²) in [6, 6.07) is 0. The molecule has 0 bridgehead atoms. The Morgan fingerprint density at radius 2 is 1.83 bits per heavy atom. The fraction of sp³-hybridized carbons (Fsp3) is 0.714. The topological polar surface area (TPSA) is 57.6 Å². The van der Waals surface area contributed by atoms with Crippen molar-refractivity contribution in [3.63, 3.8) is 0 Å². The minimum Gasteiger partial charge on any atom is -0.482 e. The van der Waals surface area contributed by atoms with E-state index < -0.39 is 17.7 Å². The van der Waals surface area contributed by atoms with E-state index in [2.05, 4.69) is 0 Å². The highest BCUT2D eigenvalue weighted by Gasteiger charge is 2.25. The molecule has 0 aliphatic rings. The van der Waals surface area contributed by atoms with Gasteiger partial charge in [0.15, 0.2) is 0 Å². The van der Waals surface area contributed by atoms with Crippen molar-refractivity contribution in [2.75, 3.05) is 14.1 Å². The summed E-state index contributed by atoms with van der Waals surface area (Å²) in [7, 11) is 8.38. The van der Waals surface area contributed by atoms with E-state index in [-0.39, 0.29) is 5.91 Å². The van der Waals surface area contributed by atoms with Gasteiger partial charge in [-0.15, -0.1) is 0 Å². The van der Waals surface area contributed by atoms with Crippen LogP contribution in [-0.2, 0) is 9.59 Å². The van der Waals surface area contributed by atoms with Crippen molar-refractivity contribution < 1.29 is 14.7 Å². The Labute approximate surface area is 73.0 Å². The van der Waals surface area contributed by atoms with Gasteiger partial charge in [-0.3, -0.25) is 9.59 Å². The SMILES string of the molecule is [B]C(C(=O)O)C(C)C(=O)N(C)C. The molecule has 1 amide bonds. The van der Waals surface area contributed by atoms with Crippen LogP contribution in [-0.4, -0.2) is 43.8 Å². The normalized spacial score (nSPS) is 14.9. The quantitative estimate of drug-likeness (QED) is 0.592. The van der Waals surface area contributed by atoms with E-state index in [0.29, 0.717) is 0 Å². The average Bonchev–Trinajstić information content (AvgIpc) is 2.00. The third kappa shape index (κ3) is 2.56. The molecule has 0 saturated carbocycles. The molecular weight excluding hydrogens is 157 g/mol. The summed E-state index contributed by atoms with van der Waals surface area (Å²) in [5.74, 6) is -3.24. The molecule has 0 heterocycles. The number of nitrogens with zero attached hydrogens (tertiary/aromatic N) is 1. The zero-order valence-corrected chi connectivity index (χ0v) is 7.44. The summed E-state index contributed by atoms with van der Waals surface area (Å²) in [4.78, 5) is 22.9. The van der Waals surface area contributed by atoms with Crippen LogP contribution in [0.25, 0.3) is 0 Å². The number of carboxylic acids is 1. The van der Waals surface area contributed by atoms with Gasteiger partial charge in [0.05, 0.1) is 7.85 Å². The van der Waals surface area contributed by atoms with Crippen LogP contribution in [0.5, 0.6) is 0 Å². The van der Waals surface area contributed by atoms with E-state index in [0.717, 1.165) is 0 Å². The molecule has 0 aliphatic heterocycles. The van der Waals surface area contributed by atoms with Crippen LogP contribution in [0.15, 0.2) is 0 Å². The Hall–Kier alpha value is -0.995. The summed E-state index contributed by atoms with van der Waals surface area (Å²) < 4.78 is 0. The highest BCUT2D eigenvalue weighted by atomic mass is 16.4. The maximum absolute atomic E-state index is 11.2. The van der Waals surface area contributed by atoms with Gasteiger partial charge in [0.1, 0.15) is 0 Å². The van der Waals surface area contributed by atoms with Gasteiger partial charge in [0.2, 0.25) is 5.91 Å². The minimum atomic E-state index is -1.15. The van der Waals surface area contributed by atoms with Crippen molar-refractivity contribution in [2.24, 2.45) is 5.92 Å². The third-order valence-electron chi connectivity index (χ3n) is 1.65. The van der Waals surface area contributed by atoms with Gasteiger partial charge in [-0.05, 0) is 0 Å². The van der Waals surface area contributed by atoms with Crippen LogP contribution in [0.2, 0.25) is 5.82 Å². The molecule has 2 atom stereocenters. The zero-order valence-electron chi connectivity index (χ0n) is 7.44. The lowest BCUT2D eigenvalue weighted by Gasteiger charge is -2.19. The number of hydrogen-bond donors (Lipinski definition) is 1. The fourth-order valence-corrected chi connectivity index (χ4v) is 0.775. The maximum atomic E-state index is 11.2. The number of carbonyl (C=O) groups is 2. The minimum absolute atomic E-state index is 0.273. The van der Waals surface area contributed by atoms with E-state index in [1.165, 1.54) is 11.8 Å². The Morgan fingerprint density at radius 1 is 1.42 bits per heavy atom.